The van der Waals surface area contributed by atoms with Gasteiger partial charge in [0.2, 0.25) is 11.8 Å². The Morgan fingerprint density at radius 1 is 0.897 bits per heavy atom. The third-order valence-electron chi connectivity index (χ3n) is 3.91. The summed E-state index contributed by atoms with van der Waals surface area (Å²) in [6, 6.07) is 13.0. The molecular weight excluding hydrogens is 392 g/mol. The van der Waals surface area contributed by atoms with Crippen molar-refractivity contribution in [3.05, 3.63) is 59.1 Å². The normalized spacial score (nSPS) is 11.5. The smallest absolute Gasteiger partial charge is 0.319 e. The zero-order chi connectivity index (χ0) is 21.4. The lowest BCUT2D eigenvalue weighted by molar-refractivity contribution is -0.120. The Bertz CT molecular complexity index is 868. The number of hydrogen-bond acceptors (Lipinski definition) is 3. The summed E-state index contributed by atoms with van der Waals surface area (Å²) in [5.74, 6) is -0.553. The summed E-state index contributed by atoms with van der Waals surface area (Å²) in [7, 11) is 0. The van der Waals surface area contributed by atoms with E-state index in [0.29, 0.717) is 16.4 Å². The van der Waals surface area contributed by atoms with Crippen LogP contribution in [0.2, 0.25) is 5.02 Å². The molecule has 0 aliphatic heterocycles. The molecule has 29 heavy (non-hydrogen) atoms. The maximum absolute atomic E-state index is 12.6. The van der Waals surface area contributed by atoms with Crippen LogP contribution in [0.1, 0.15) is 38.8 Å². The van der Waals surface area contributed by atoms with Gasteiger partial charge in [-0.3, -0.25) is 9.59 Å². The van der Waals surface area contributed by atoms with E-state index < -0.39 is 6.04 Å². The summed E-state index contributed by atoms with van der Waals surface area (Å²) >= 11 is 5.92. The van der Waals surface area contributed by atoms with Crippen LogP contribution in [-0.4, -0.2) is 23.9 Å². The number of carbonyl (C=O) groups excluding carboxylic acids is 3. The molecule has 0 bridgehead atoms. The fourth-order valence-corrected chi connectivity index (χ4v) is 2.83. The Morgan fingerprint density at radius 3 is 2.03 bits per heavy atom. The van der Waals surface area contributed by atoms with Gasteiger partial charge in [0.25, 0.3) is 0 Å². The highest BCUT2D eigenvalue weighted by molar-refractivity contribution is 6.30. The zero-order valence-corrected chi connectivity index (χ0v) is 17.3. The molecule has 0 fully saturated rings. The van der Waals surface area contributed by atoms with Crippen LogP contribution in [0.25, 0.3) is 0 Å². The maximum atomic E-state index is 12.6. The zero-order valence-electron chi connectivity index (χ0n) is 16.6. The summed E-state index contributed by atoms with van der Waals surface area (Å²) in [5.41, 5.74) is 1.71. The summed E-state index contributed by atoms with van der Waals surface area (Å²) in [4.78, 5) is 36.2. The predicted molar refractivity (Wildman–Crippen MR) is 115 cm³/mol. The van der Waals surface area contributed by atoms with E-state index in [1.54, 1.807) is 48.5 Å². The number of urea groups is 1. The highest BCUT2D eigenvalue weighted by Gasteiger charge is 2.18. The first-order valence-corrected chi connectivity index (χ1v) is 9.61. The lowest BCUT2D eigenvalue weighted by Gasteiger charge is -2.19. The molecule has 0 heterocycles. The van der Waals surface area contributed by atoms with Gasteiger partial charge in [0.05, 0.1) is 23.8 Å². The summed E-state index contributed by atoms with van der Waals surface area (Å²) in [6.07, 6.45) is 0.0216. The van der Waals surface area contributed by atoms with Crippen molar-refractivity contribution in [2.75, 3.05) is 10.6 Å². The van der Waals surface area contributed by atoms with Gasteiger partial charge in [-0.15, -0.1) is 0 Å². The number of para-hydroxylation sites is 2. The fraction of sp³-hybridized carbons (Fsp3) is 0.286. The van der Waals surface area contributed by atoms with Crippen molar-refractivity contribution in [2.45, 2.75) is 39.3 Å². The molecule has 0 radical (unpaired) electrons. The quantitative estimate of drug-likeness (QED) is 0.547. The summed E-state index contributed by atoms with van der Waals surface area (Å²) in [5, 5.41) is 11.6. The van der Waals surface area contributed by atoms with E-state index in [0.717, 1.165) is 5.56 Å². The number of amides is 4. The van der Waals surface area contributed by atoms with Crippen LogP contribution in [0.4, 0.5) is 16.2 Å². The van der Waals surface area contributed by atoms with Crippen LogP contribution in [-0.2, 0) is 9.59 Å². The molecule has 4 amide bonds. The number of benzene rings is 2. The van der Waals surface area contributed by atoms with Crippen molar-refractivity contribution in [2.24, 2.45) is 0 Å². The number of anilines is 2. The highest BCUT2D eigenvalue weighted by Crippen LogP contribution is 2.24. The highest BCUT2D eigenvalue weighted by atomic mass is 35.5. The first-order chi connectivity index (χ1) is 13.7. The maximum Gasteiger partial charge on any atom is 0.319 e. The Labute approximate surface area is 175 Å². The summed E-state index contributed by atoms with van der Waals surface area (Å²) < 4.78 is 0. The van der Waals surface area contributed by atoms with Crippen molar-refractivity contribution >= 4 is 40.8 Å². The van der Waals surface area contributed by atoms with Crippen LogP contribution >= 0.6 is 11.6 Å². The topological polar surface area (TPSA) is 99.3 Å². The Balaban J connectivity index is 2.11. The molecule has 2 aromatic carbocycles. The number of nitrogens with one attached hydrogen (secondary N) is 4. The monoisotopic (exact) mass is 416 g/mol. The molecular formula is C21H25ClN4O3. The van der Waals surface area contributed by atoms with Crippen molar-refractivity contribution in [1.82, 2.24) is 10.6 Å². The molecule has 0 aromatic heterocycles. The number of halogens is 1. The predicted octanol–water partition coefficient (Wildman–Crippen LogP) is 4.08. The van der Waals surface area contributed by atoms with Gasteiger partial charge < -0.3 is 21.3 Å². The fourth-order valence-electron chi connectivity index (χ4n) is 2.70. The SMILES string of the molecule is CC(=O)NC(CC(=O)Nc1ccccc1NC(=O)NC(C)C)c1ccc(Cl)cc1. The van der Waals surface area contributed by atoms with Crippen LogP contribution in [0.3, 0.4) is 0 Å². The molecule has 7 nitrogen and oxygen atoms in total. The second-order valence-electron chi connectivity index (χ2n) is 6.86. The van der Waals surface area contributed by atoms with E-state index in [-0.39, 0.29) is 30.3 Å². The van der Waals surface area contributed by atoms with Gasteiger partial charge >= 0.3 is 6.03 Å². The van der Waals surface area contributed by atoms with Crippen molar-refractivity contribution < 1.29 is 14.4 Å². The van der Waals surface area contributed by atoms with Gasteiger partial charge in [0.1, 0.15) is 0 Å². The van der Waals surface area contributed by atoms with E-state index in [1.807, 2.05) is 13.8 Å². The third kappa shape index (κ3) is 7.46. The van der Waals surface area contributed by atoms with E-state index in [4.69, 9.17) is 11.6 Å². The molecule has 0 saturated carbocycles. The molecule has 0 aliphatic rings. The molecule has 8 heteroatoms. The van der Waals surface area contributed by atoms with Crippen LogP contribution in [0.15, 0.2) is 48.5 Å². The van der Waals surface area contributed by atoms with Gasteiger partial charge in [-0.05, 0) is 43.7 Å². The van der Waals surface area contributed by atoms with Crippen molar-refractivity contribution in [1.29, 1.82) is 0 Å². The molecule has 154 valence electrons. The largest absolute Gasteiger partial charge is 0.349 e. The number of hydrogen-bond donors (Lipinski definition) is 4. The molecule has 1 atom stereocenters. The van der Waals surface area contributed by atoms with Crippen molar-refractivity contribution in [3.8, 4) is 0 Å². The average molecular weight is 417 g/mol. The van der Waals surface area contributed by atoms with Gasteiger partial charge in [0, 0.05) is 18.0 Å². The summed E-state index contributed by atoms with van der Waals surface area (Å²) in [6.45, 7) is 5.10. The van der Waals surface area contributed by atoms with Gasteiger partial charge in [-0.1, -0.05) is 35.9 Å². The van der Waals surface area contributed by atoms with Crippen LogP contribution in [0, 0.1) is 0 Å². The minimum atomic E-state index is -0.505. The molecule has 2 rings (SSSR count). The number of carbonyl (C=O) groups is 3. The van der Waals surface area contributed by atoms with Crippen LogP contribution in [0.5, 0.6) is 0 Å². The van der Waals surface area contributed by atoms with E-state index in [1.165, 1.54) is 6.92 Å². The number of rotatable bonds is 7. The van der Waals surface area contributed by atoms with Gasteiger partial charge in [-0.2, -0.15) is 0 Å². The molecule has 1 unspecified atom stereocenters. The average Bonchev–Trinajstić information content (AvgIpc) is 2.62. The first-order valence-electron chi connectivity index (χ1n) is 9.23. The van der Waals surface area contributed by atoms with E-state index in [2.05, 4.69) is 21.3 Å². The Morgan fingerprint density at radius 2 is 1.48 bits per heavy atom. The van der Waals surface area contributed by atoms with Gasteiger partial charge in [-0.25, -0.2) is 4.79 Å². The molecule has 4 N–H and O–H groups in total. The third-order valence-corrected chi connectivity index (χ3v) is 4.16. The Kier molecular flexibility index (Phi) is 8.03. The standard InChI is InChI=1S/C21H25ClN4O3/c1-13(2)23-21(29)26-18-7-5-4-6-17(18)25-20(28)12-19(24-14(3)27)15-8-10-16(22)11-9-15/h4-11,13,19H,12H2,1-3H3,(H,24,27)(H,25,28)(H2,23,26,29). The molecule has 2 aromatic rings. The minimum absolute atomic E-state index is 0.0189. The lowest BCUT2D eigenvalue weighted by atomic mass is 10.0. The Hall–Kier alpha value is -3.06. The second kappa shape index (κ2) is 10.5. The second-order valence-corrected chi connectivity index (χ2v) is 7.29. The van der Waals surface area contributed by atoms with E-state index in [9.17, 15) is 14.4 Å². The molecule has 0 spiro atoms. The van der Waals surface area contributed by atoms with Crippen molar-refractivity contribution in [3.63, 3.8) is 0 Å². The molecule has 0 saturated heterocycles. The minimum Gasteiger partial charge on any atom is -0.349 e. The van der Waals surface area contributed by atoms with E-state index >= 15 is 0 Å². The molecule has 0 aliphatic carbocycles. The lowest BCUT2D eigenvalue weighted by Crippen LogP contribution is -2.34. The first kappa shape index (κ1) is 22.2. The van der Waals surface area contributed by atoms with Gasteiger partial charge in [0.15, 0.2) is 0 Å². The van der Waals surface area contributed by atoms with Crippen LogP contribution < -0.4 is 21.3 Å².